The summed E-state index contributed by atoms with van der Waals surface area (Å²) >= 11 is 0. The summed E-state index contributed by atoms with van der Waals surface area (Å²) in [5.74, 6) is -0.909. The van der Waals surface area contributed by atoms with Crippen LogP contribution in [0.2, 0.25) is 0 Å². The molecule has 0 aliphatic rings. The van der Waals surface area contributed by atoms with Crippen LogP contribution in [-0.4, -0.2) is 22.8 Å². The van der Waals surface area contributed by atoms with Crippen LogP contribution in [0, 0.1) is 0 Å². The van der Waals surface area contributed by atoms with Crippen molar-refractivity contribution >= 4 is 5.97 Å². The first-order valence-corrected chi connectivity index (χ1v) is 4.50. The Morgan fingerprint density at radius 3 is 2.80 bits per heavy atom. The van der Waals surface area contributed by atoms with Gasteiger partial charge < -0.3 is 20.7 Å². The van der Waals surface area contributed by atoms with Gasteiger partial charge in [0.1, 0.15) is 6.04 Å². The molecule has 0 aromatic heterocycles. The molecule has 0 aliphatic heterocycles. The minimum absolute atomic E-state index is 0.0295. The molecule has 5 nitrogen and oxygen atoms in total. The maximum Gasteiger partial charge on any atom is 0.325 e. The molecule has 0 amide bonds. The summed E-state index contributed by atoms with van der Waals surface area (Å²) in [6.07, 6.45) is 0. The summed E-state index contributed by atoms with van der Waals surface area (Å²) in [6.45, 7) is 2.16. The molecular formula is C10H13NO4. The highest BCUT2D eigenvalue weighted by molar-refractivity contribution is 5.75. The number of carboxylic acids is 1. The van der Waals surface area contributed by atoms with E-state index in [1.807, 2.05) is 0 Å². The Balaban J connectivity index is 3.01. The highest BCUT2D eigenvalue weighted by atomic mass is 16.5. The second-order valence-corrected chi connectivity index (χ2v) is 2.98. The second kappa shape index (κ2) is 4.65. The first-order valence-electron chi connectivity index (χ1n) is 4.50. The van der Waals surface area contributed by atoms with Crippen LogP contribution >= 0.6 is 0 Å². The van der Waals surface area contributed by atoms with E-state index in [1.54, 1.807) is 6.92 Å². The van der Waals surface area contributed by atoms with Crippen molar-refractivity contribution in [2.45, 2.75) is 13.0 Å². The van der Waals surface area contributed by atoms with Crippen LogP contribution in [0.1, 0.15) is 18.5 Å². The van der Waals surface area contributed by atoms with Gasteiger partial charge in [-0.3, -0.25) is 4.79 Å². The molecule has 0 fully saturated rings. The third-order valence-electron chi connectivity index (χ3n) is 1.91. The molecule has 4 N–H and O–H groups in total. The third kappa shape index (κ3) is 2.60. The van der Waals surface area contributed by atoms with Gasteiger partial charge in [0, 0.05) is 0 Å². The third-order valence-corrected chi connectivity index (χ3v) is 1.91. The van der Waals surface area contributed by atoms with Gasteiger partial charge in [-0.25, -0.2) is 0 Å². The second-order valence-electron chi connectivity index (χ2n) is 2.98. The predicted molar refractivity (Wildman–Crippen MR) is 53.8 cm³/mol. The lowest BCUT2D eigenvalue weighted by Crippen LogP contribution is -2.20. The molecule has 1 rings (SSSR count). The van der Waals surface area contributed by atoms with E-state index >= 15 is 0 Å². The molecule has 0 spiro atoms. The normalized spacial score (nSPS) is 12.1. The van der Waals surface area contributed by atoms with Gasteiger partial charge in [0.15, 0.2) is 11.5 Å². The lowest BCUT2D eigenvalue weighted by molar-refractivity contribution is -0.138. The first kappa shape index (κ1) is 11.3. The van der Waals surface area contributed by atoms with Gasteiger partial charge in [0.2, 0.25) is 0 Å². The van der Waals surface area contributed by atoms with Crippen LogP contribution in [0.3, 0.4) is 0 Å². The van der Waals surface area contributed by atoms with Crippen LogP contribution in [0.4, 0.5) is 0 Å². The lowest BCUT2D eigenvalue weighted by Gasteiger charge is -2.10. The highest BCUT2D eigenvalue weighted by Crippen LogP contribution is 2.28. The number of hydrogen-bond donors (Lipinski definition) is 3. The van der Waals surface area contributed by atoms with Crippen molar-refractivity contribution in [2.24, 2.45) is 5.73 Å². The summed E-state index contributed by atoms with van der Waals surface area (Å²) in [5.41, 5.74) is 5.81. The van der Waals surface area contributed by atoms with Gasteiger partial charge in [-0.2, -0.15) is 0 Å². The van der Waals surface area contributed by atoms with Gasteiger partial charge in [-0.1, -0.05) is 6.07 Å². The maximum absolute atomic E-state index is 10.6. The van der Waals surface area contributed by atoms with E-state index in [1.165, 1.54) is 18.2 Å². The maximum atomic E-state index is 10.6. The molecule has 0 saturated heterocycles. The Hall–Kier alpha value is -1.75. The van der Waals surface area contributed by atoms with E-state index in [9.17, 15) is 9.90 Å². The minimum atomic E-state index is -1.12. The number of aliphatic carboxylic acids is 1. The van der Waals surface area contributed by atoms with Crippen molar-refractivity contribution in [1.29, 1.82) is 0 Å². The molecule has 0 heterocycles. The number of phenolic OH excluding ortho intramolecular Hbond substituents is 1. The molecule has 1 aromatic carbocycles. The summed E-state index contributed by atoms with van der Waals surface area (Å²) in [4.78, 5) is 10.6. The molecule has 0 aliphatic carbocycles. The van der Waals surface area contributed by atoms with E-state index in [2.05, 4.69) is 0 Å². The average Bonchev–Trinajstić information content (AvgIpc) is 2.20. The van der Waals surface area contributed by atoms with Crippen LogP contribution in [-0.2, 0) is 4.79 Å². The number of hydrogen-bond acceptors (Lipinski definition) is 4. The van der Waals surface area contributed by atoms with Gasteiger partial charge in [-0.05, 0) is 24.6 Å². The minimum Gasteiger partial charge on any atom is -0.504 e. The van der Waals surface area contributed by atoms with E-state index in [0.717, 1.165) is 0 Å². The predicted octanol–water partition coefficient (Wildman–Crippen LogP) is 0.875. The van der Waals surface area contributed by atoms with Crippen molar-refractivity contribution in [3.05, 3.63) is 23.8 Å². The zero-order valence-electron chi connectivity index (χ0n) is 8.30. The summed E-state index contributed by atoms with van der Waals surface area (Å²) < 4.78 is 5.11. The SMILES string of the molecule is CCOc1cc(C(N)C(=O)O)ccc1O. The van der Waals surface area contributed by atoms with Gasteiger partial charge in [-0.15, -0.1) is 0 Å². The number of rotatable bonds is 4. The number of aromatic hydroxyl groups is 1. The molecule has 15 heavy (non-hydrogen) atoms. The average molecular weight is 211 g/mol. The van der Waals surface area contributed by atoms with Crippen molar-refractivity contribution in [3.63, 3.8) is 0 Å². The van der Waals surface area contributed by atoms with E-state index in [4.69, 9.17) is 15.6 Å². The van der Waals surface area contributed by atoms with E-state index < -0.39 is 12.0 Å². The number of carboxylic acid groups (broad SMARTS) is 1. The monoisotopic (exact) mass is 211 g/mol. The fourth-order valence-corrected chi connectivity index (χ4v) is 1.14. The lowest BCUT2D eigenvalue weighted by atomic mass is 10.1. The highest BCUT2D eigenvalue weighted by Gasteiger charge is 2.16. The van der Waals surface area contributed by atoms with Crippen molar-refractivity contribution in [1.82, 2.24) is 0 Å². The van der Waals surface area contributed by atoms with E-state index in [0.29, 0.717) is 12.2 Å². The van der Waals surface area contributed by atoms with Gasteiger partial charge in [0.05, 0.1) is 6.61 Å². The standard InChI is InChI=1S/C10H13NO4/c1-2-15-8-5-6(3-4-7(8)12)9(11)10(13)14/h3-5,9,12H,2,11H2,1H3,(H,13,14). The summed E-state index contributed by atoms with van der Waals surface area (Å²) in [7, 11) is 0. The summed E-state index contributed by atoms with van der Waals surface area (Å²) in [6, 6.07) is 3.14. The fraction of sp³-hybridized carbons (Fsp3) is 0.300. The molecule has 0 bridgehead atoms. The number of benzene rings is 1. The number of carbonyl (C=O) groups is 1. The van der Waals surface area contributed by atoms with Crippen LogP contribution < -0.4 is 10.5 Å². The Labute approximate surface area is 87.1 Å². The number of nitrogens with two attached hydrogens (primary N) is 1. The quantitative estimate of drug-likeness (QED) is 0.687. The summed E-state index contributed by atoms with van der Waals surface area (Å²) in [5, 5.41) is 18.1. The molecule has 1 unspecified atom stereocenters. The van der Waals surface area contributed by atoms with Crippen molar-refractivity contribution < 1.29 is 19.7 Å². The fourth-order valence-electron chi connectivity index (χ4n) is 1.14. The van der Waals surface area contributed by atoms with Crippen LogP contribution in [0.25, 0.3) is 0 Å². The topological polar surface area (TPSA) is 92.8 Å². The Kier molecular flexibility index (Phi) is 3.51. The molecule has 0 radical (unpaired) electrons. The molecule has 0 saturated carbocycles. The number of phenols is 1. The Morgan fingerprint density at radius 2 is 2.27 bits per heavy atom. The van der Waals surface area contributed by atoms with Gasteiger partial charge in [0.25, 0.3) is 0 Å². The smallest absolute Gasteiger partial charge is 0.325 e. The van der Waals surface area contributed by atoms with Gasteiger partial charge >= 0.3 is 5.97 Å². The van der Waals surface area contributed by atoms with E-state index in [-0.39, 0.29) is 11.5 Å². The van der Waals surface area contributed by atoms with Crippen molar-refractivity contribution in [3.8, 4) is 11.5 Å². The number of ether oxygens (including phenoxy) is 1. The van der Waals surface area contributed by atoms with Crippen molar-refractivity contribution in [2.75, 3.05) is 6.61 Å². The zero-order valence-corrected chi connectivity index (χ0v) is 8.30. The largest absolute Gasteiger partial charge is 0.504 e. The molecule has 1 aromatic rings. The molecule has 1 atom stereocenters. The van der Waals surface area contributed by atoms with Crippen LogP contribution in [0.15, 0.2) is 18.2 Å². The first-order chi connectivity index (χ1) is 7.06. The molecule has 5 heteroatoms. The van der Waals surface area contributed by atoms with Crippen LogP contribution in [0.5, 0.6) is 11.5 Å². The Morgan fingerprint density at radius 1 is 1.60 bits per heavy atom. The Bertz CT molecular complexity index is 364. The molecule has 82 valence electrons. The zero-order chi connectivity index (χ0) is 11.4. The molecular weight excluding hydrogens is 198 g/mol.